The summed E-state index contributed by atoms with van der Waals surface area (Å²) in [5.74, 6) is 0.517. The molecule has 0 radical (unpaired) electrons. The van der Waals surface area contributed by atoms with Crippen LogP contribution in [0.5, 0.6) is 0 Å². The summed E-state index contributed by atoms with van der Waals surface area (Å²) in [6.45, 7) is 2.36. The van der Waals surface area contributed by atoms with Gasteiger partial charge in [-0.05, 0) is 36.2 Å². The highest BCUT2D eigenvalue weighted by atomic mass is 16.2. The Hall–Kier alpha value is -2.87. The maximum atomic E-state index is 12.1. The second-order valence-electron chi connectivity index (χ2n) is 4.82. The maximum Gasteiger partial charge on any atom is 0.323 e. The molecule has 0 spiro atoms. The molecular weight excluding hydrogens is 264 g/mol. The van der Waals surface area contributed by atoms with E-state index >= 15 is 0 Å². The van der Waals surface area contributed by atoms with Crippen LogP contribution in [0.15, 0.2) is 42.6 Å². The van der Waals surface area contributed by atoms with Gasteiger partial charge in [-0.3, -0.25) is 5.32 Å². The van der Waals surface area contributed by atoms with Crippen LogP contribution < -0.4 is 5.32 Å². The lowest BCUT2D eigenvalue weighted by Gasteiger charge is -2.17. The Morgan fingerprint density at radius 2 is 2.19 bits per heavy atom. The minimum atomic E-state index is -0.242. The number of aryl methyl sites for hydroxylation is 1. The van der Waals surface area contributed by atoms with E-state index < -0.39 is 0 Å². The average molecular weight is 280 g/mol. The maximum absolute atomic E-state index is 12.1. The number of pyridine rings is 1. The lowest BCUT2D eigenvalue weighted by molar-refractivity contribution is 0.220. The molecule has 0 aliphatic rings. The van der Waals surface area contributed by atoms with Crippen molar-refractivity contribution in [2.75, 3.05) is 12.4 Å². The average Bonchev–Trinajstić information content (AvgIpc) is 2.49. The Morgan fingerprint density at radius 1 is 1.38 bits per heavy atom. The van der Waals surface area contributed by atoms with Crippen molar-refractivity contribution in [1.82, 2.24) is 9.88 Å². The summed E-state index contributed by atoms with van der Waals surface area (Å²) in [4.78, 5) is 17.7. The number of anilines is 1. The first kappa shape index (κ1) is 14.5. The van der Waals surface area contributed by atoms with Crippen LogP contribution in [0.4, 0.5) is 10.6 Å². The van der Waals surface area contributed by atoms with E-state index in [0.717, 1.165) is 11.1 Å². The fourth-order valence-electron chi connectivity index (χ4n) is 1.83. The Bertz CT molecular complexity index is 673. The van der Waals surface area contributed by atoms with Gasteiger partial charge in [0.2, 0.25) is 0 Å². The van der Waals surface area contributed by atoms with Crippen LogP contribution in [-0.2, 0) is 6.54 Å². The van der Waals surface area contributed by atoms with Gasteiger partial charge in [0.05, 0.1) is 11.6 Å². The van der Waals surface area contributed by atoms with E-state index in [9.17, 15) is 4.79 Å². The Kier molecular flexibility index (Phi) is 4.52. The van der Waals surface area contributed by atoms with E-state index in [1.165, 1.54) is 4.90 Å². The fraction of sp³-hybridized carbons (Fsp3) is 0.188. The van der Waals surface area contributed by atoms with Crippen molar-refractivity contribution < 1.29 is 4.79 Å². The van der Waals surface area contributed by atoms with Gasteiger partial charge in [-0.1, -0.05) is 18.2 Å². The Balaban J connectivity index is 1.99. The van der Waals surface area contributed by atoms with E-state index in [0.29, 0.717) is 17.9 Å². The van der Waals surface area contributed by atoms with Crippen LogP contribution in [0.25, 0.3) is 0 Å². The molecule has 0 unspecified atom stereocenters. The fourth-order valence-corrected chi connectivity index (χ4v) is 1.83. The quantitative estimate of drug-likeness (QED) is 0.939. The lowest BCUT2D eigenvalue weighted by Crippen LogP contribution is -2.31. The highest BCUT2D eigenvalue weighted by Crippen LogP contribution is 2.09. The number of nitrogens with one attached hydrogen (secondary N) is 1. The number of carbonyl (C=O) groups is 1. The van der Waals surface area contributed by atoms with Gasteiger partial charge in [0, 0.05) is 19.8 Å². The lowest BCUT2D eigenvalue weighted by atomic mass is 10.1. The molecule has 0 aliphatic carbocycles. The zero-order valence-electron chi connectivity index (χ0n) is 12.0. The van der Waals surface area contributed by atoms with Crippen molar-refractivity contribution in [3.63, 3.8) is 0 Å². The van der Waals surface area contributed by atoms with Gasteiger partial charge in [-0.15, -0.1) is 0 Å². The third-order valence-corrected chi connectivity index (χ3v) is 2.97. The smallest absolute Gasteiger partial charge is 0.323 e. The summed E-state index contributed by atoms with van der Waals surface area (Å²) in [7, 11) is 1.70. The molecule has 2 aromatic rings. The Morgan fingerprint density at radius 3 is 2.86 bits per heavy atom. The molecule has 21 heavy (non-hydrogen) atoms. The number of carbonyl (C=O) groups excluding carboxylic acids is 1. The molecule has 5 nitrogen and oxygen atoms in total. The monoisotopic (exact) mass is 280 g/mol. The van der Waals surface area contributed by atoms with E-state index in [1.807, 2.05) is 19.1 Å². The standard InChI is InChI=1S/C16H16N4O/c1-12-6-7-15(18-10-12)19-16(21)20(2)11-14-5-3-4-13(8-14)9-17/h3-8,10H,11H2,1-2H3,(H,18,19,21). The summed E-state index contributed by atoms with van der Waals surface area (Å²) in [5.41, 5.74) is 2.53. The molecule has 106 valence electrons. The molecule has 0 atom stereocenters. The predicted molar refractivity (Wildman–Crippen MR) is 80.6 cm³/mol. The molecule has 1 aromatic carbocycles. The largest absolute Gasteiger partial charge is 0.323 e. The first-order valence-corrected chi connectivity index (χ1v) is 6.52. The predicted octanol–water partition coefficient (Wildman–Crippen LogP) is 2.93. The van der Waals surface area contributed by atoms with Crippen LogP contribution in [0.1, 0.15) is 16.7 Å². The zero-order valence-corrected chi connectivity index (χ0v) is 12.0. The van der Waals surface area contributed by atoms with E-state index in [1.54, 1.807) is 37.5 Å². The van der Waals surface area contributed by atoms with Gasteiger partial charge >= 0.3 is 6.03 Å². The van der Waals surface area contributed by atoms with Crippen molar-refractivity contribution in [2.24, 2.45) is 0 Å². The van der Waals surface area contributed by atoms with E-state index in [-0.39, 0.29) is 6.03 Å². The zero-order chi connectivity index (χ0) is 15.2. The third kappa shape index (κ3) is 4.05. The topological polar surface area (TPSA) is 69.0 Å². The van der Waals surface area contributed by atoms with Crippen molar-refractivity contribution in [3.05, 3.63) is 59.3 Å². The normalized spacial score (nSPS) is 9.76. The number of hydrogen-bond acceptors (Lipinski definition) is 3. The molecule has 1 aromatic heterocycles. The molecule has 0 saturated heterocycles. The molecule has 1 heterocycles. The van der Waals surface area contributed by atoms with E-state index in [4.69, 9.17) is 5.26 Å². The number of nitriles is 1. The van der Waals surface area contributed by atoms with Crippen LogP contribution in [0.3, 0.4) is 0 Å². The second-order valence-corrected chi connectivity index (χ2v) is 4.82. The number of urea groups is 1. The molecule has 0 saturated carbocycles. The van der Waals surface area contributed by atoms with Crippen LogP contribution in [0.2, 0.25) is 0 Å². The van der Waals surface area contributed by atoms with Crippen molar-refractivity contribution in [3.8, 4) is 6.07 Å². The highest BCUT2D eigenvalue weighted by molar-refractivity contribution is 5.88. The SMILES string of the molecule is Cc1ccc(NC(=O)N(C)Cc2cccc(C#N)c2)nc1. The number of hydrogen-bond donors (Lipinski definition) is 1. The Labute approximate surface area is 123 Å². The van der Waals surface area contributed by atoms with Crippen LogP contribution in [-0.4, -0.2) is 23.0 Å². The summed E-state index contributed by atoms with van der Waals surface area (Å²) >= 11 is 0. The molecule has 0 fully saturated rings. The first-order chi connectivity index (χ1) is 10.1. The number of nitrogens with zero attached hydrogens (tertiary/aromatic N) is 3. The number of benzene rings is 1. The summed E-state index contributed by atoms with van der Waals surface area (Å²) in [6, 6.07) is 12.7. The minimum Gasteiger partial charge on any atom is -0.323 e. The van der Waals surface area contributed by atoms with Gasteiger partial charge in [-0.2, -0.15) is 5.26 Å². The molecule has 1 N–H and O–H groups in total. The van der Waals surface area contributed by atoms with Crippen molar-refractivity contribution in [2.45, 2.75) is 13.5 Å². The van der Waals surface area contributed by atoms with E-state index in [2.05, 4.69) is 16.4 Å². The molecule has 2 rings (SSSR count). The number of amides is 2. The second kappa shape index (κ2) is 6.53. The summed E-state index contributed by atoms with van der Waals surface area (Å²) in [5, 5.41) is 11.6. The third-order valence-electron chi connectivity index (χ3n) is 2.97. The number of aromatic nitrogens is 1. The molecule has 2 amide bonds. The van der Waals surface area contributed by atoms with Gasteiger partial charge in [-0.25, -0.2) is 9.78 Å². The van der Waals surface area contributed by atoms with Crippen LogP contribution >= 0.6 is 0 Å². The van der Waals surface area contributed by atoms with Gasteiger partial charge in [0.1, 0.15) is 5.82 Å². The minimum absolute atomic E-state index is 0.242. The number of rotatable bonds is 3. The molecular formula is C16H16N4O. The summed E-state index contributed by atoms with van der Waals surface area (Å²) in [6.07, 6.45) is 1.70. The molecule has 0 aliphatic heterocycles. The first-order valence-electron chi connectivity index (χ1n) is 6.52. The molecule has 0 bridgehead atoms. The van der Waals surface area contributed by atoms with Crippen LogP contribution in [0, 0.1) is 18.3 Å². The van der Waals surface area contributed by atoms with Gasteiger partial charge in [0.25, 0.3) is 0 Å². The highest BCUT2D eigenvalue weighted by Gasteiger charge is 2.10. The summed E-state index contributed by atoms with van der Waals surface area (Å²) < 4.78 is 0. The van der Waals surface area contributed by atoms with Crippen molar-refractivity contribution in [1.29, 1.82) is 5.26 Å². The van der Waals surface area contributed by atoms with Crippen molar-refractivity contribution >= 4 is 11.8 Å². The molecule has 5 heteroatoms. The van der Waals surface area contributed by atoms with Gasteiger partial charge < -0.3 is 4.90 Å². The van der Waals surface area contributed by atoms with Gasteiger partial charge in [0.15, 0.2) is 0 Å².